The number of rotatable bonds is 7. The van der Waals surface area contributed by atoms with Crippen LogP contribution < -0.4 is 25.0 Å². The highest BCUT2D eigenvalue weighted by Gasteiger charge is 2.22. The Morgan fingerprint density at radius 2 is 1.76 bits per heavy atom. The fourth-order valence-corrected chi connectivity index (χ4v) is 3.15. The van der Waals surface area contributed by atoms with E-state index < -0.39 is 0 Å². The van der Waals surface area contributed by atoms with Gasteiger partial charge in [-0.2, -0.15) is 0 Å². The minimum absolute atomic E-state index is 0.121. The van der Waals surface area contributed by atoms with E-state index in [1.807, 2.05) is 63.4 Å². The Labute approximate surface area is 171 Å². The van der Waals surface area contributed by atoms with Gasteiger partial charge in [-0.3, -0.25) is 9.59 Å². The number of benzene rings is 2. The molecule has 0 spiro atoms. The molecule has 29 heavy (non-hydrogen) atoms. The number of hydrogen-bond acceptors (Lipinski definition) is 4. The number of para-hydroxylation sites is 2. The van der Waals surface area contributed by atoms with E-state index in [-0.39, 0.29) is 31.0 Å². The van der Waals surface area contributed by atoms with Gasteiger partial charge in [-0.15, -0.1) is 0 Å². The molecule has 1 unspecified atom stereocenters. The number of anilines is 1. The molecule has 1 aliphatic rings. The van der Waals surface area contributed by atoms with Crippen molar-refractivity contribution in [3.63, 3.8) is 0 Å². The van der Waals surface area contributed by atoms with Gasteiger partial charge < -0.3 is 25.0 Å². The van der Waals surface area contributed by atoms with Crippen molar-refractivity contribution in [2.45, 2.75) is 20.0 Å². The van der Waals surface area contributed by atoms with E-state index in [4.69, 9.17) is 9.47 Å². The Balaban J connectivity index is 1.40. The molecule has 0 fully saturated rings. The van der Waals surface area contributed by atoms with Crippen LogP contribution in [-0.2, 0) is 9.59 Å². The molecule has 0 aliphatic carbocycles. The maximum atomic E-state index is 12.3. The number of carbonyl (C=O) groups excluding carboxylic acids is 2. The number of nitrogens with one attached hydrogen (secondary N) is 3. The minimum Gasteiger partial charge on any atom is -0.486 e. The summed E-state index contributed by atoms with van der Waals surface area (Å²) in [4.78, 5) is 25.3. The number of aryl methyl sites for hydroxylation is 1. The number of amides is 2. The molecule has 0 radical (unpaired) electrons. The normalized spacial score (nSPS) is 16.0. The van der Waals surface area contributed by atoms with Crippen LogP contribution in [0.1, 0.15) is 11.1 Å². The molecule has 7 heteroatoms. The summed E-state index contributed by atoms with van der Waals surface area (Å²) < 4.78 is 11.5. The van der Waals surface area contributed by atoms with E-state index in [0.29, 0.717) is 24.7 Å². The lowest BCUT2D eigenvalue weighted by Crippen LogP contribution is -3.11. The fraction of sp³-hybridized carbons (Fsp3) is 0.364. The zero-order valence-corrected chi connectivity index (χ0v) is 17.1. The third-order valence-electron chi connectivity index (χ3n) is 4.90. The van der Waals surface area contributed by atoms with Gasteiger partial charge in [0.2, 0.25) is 0 Å². The number of likely N-dealkylation sites (N-methyl/N-ethyl adjacent to an activating group) is 1. The Bertz CT molecular complexity index is 884. The molecular weight excluding hydrogens is 370 g/mol. The van der Waals surface area contributed by atoms with Crippen LogP contribution in [0.15, 0.2) is 42.5 Å². The number of hydrogen-bond donors (Lipinski definition) is 3. The second-order valence-electron chi connectivity index (χ2n) is 7.41. The van der Waals surface area contributed by atoms with Crippen molar-refractivity contribution in [3.05, 3.63) is 53.6 Å². The molecular formula is C22H28N3O4+. The molecule has 0 aromatic heterocycles. The average Bonchev–Trinajstić information content (AvgIpc) is 2.69. The van der Waals surface area contributed by atoms with E-state index in [0.717, 1.165) is 21.7 Å². The lowest BCUT2D eigenvalue weighted by Gasteiger charge is -2.26. The van der Waals surface area contributed by atoms with Crippen molar-refractivity contribution >= 4 is 17.5 Å². The monoisotopic (exact) mass is 398 g/mol. The molecule has 1 heterocycles. The molecule has 3 rings (SSSR count). The SMILES string of the molecule is Cc1cccc(NC(=O)C[NH+](C)CC(=O)NC[C@@H]2COc3ccccc3O2)c1C. The van der Waals surface area contributed by atoms with Gasteiger partial charge in [-0.05, 0) is 43.2 Å². The second kappa shape index (κ2) is 9.43. The number of ether oxygens (including phenoxy) is 2. The first kappa shape index (κ1) is 20.7. The van der Waals surface area contributed by atoms with E-state index in [1.54, 1.807) is 0 Å². The summed E-state index contributed by atoms with van der Waals surface area (Å²) in [6.45, 7) is 5.13. The van der Waals surface area contributed by atoms with Crippen molar-refractivity contribution in [2.24, 2.45) is 0 Å². The summed E-state index contributed by atoms with van der Waals surface area (Å²) in [5.74, 6) is 1.15. The summed E-state index contributed by atoms with van der Waals surface area (Å²) >= 11 is 0. The molecule has 2 atom stereocenters. The van der Waals surface area contributed by atoms with Crippen LogP contribution in [0, 0.1) is 13.8 Å². The number of fused-ring (bicyclic) bond motifs is 1. The maximum Gasteiger partial charge on any atom is 0.279 e. The molecule has 3 N–H and O–H groups in total. The van der Waals surface area contributed by atoms with Gasteiger partial charge >= 0.3 is 0 Å². The first-order valence-electron chi connectivity index (χ1n) is 9.75. The Hall–Kier alpha value is -3.06. The van der Waals surface area contributed by atoms with Gasteiger partial charge in [0, 0.05) is 5.69 Å². The summed E-state index contributed by atoms with van der Waals surface area (Å²) in [6, 6.07) is 13.3. The molecule has 2 amide bonds. The van der Waals surface area contributed by atoms with E-state index >= 15 is 0 Å². The van der Waals surface area contributed by atoms with E-state index in [9.17, 15) is 9.59 Å². The van der Waals surface area contributed by atoms with Crippen LogP contribution in [0.5, 0.6) is 11.5 Å². The van der Waals surface area contributed by atoms with Gasteiger partial charge in [0.15, 0.2) is 24.6 Å². The minimum atomic E-state index is -0.234. The molecule has 1 aliphatic heterocycles. The molecule has 7 nitrogen and oxygen atoms in total. The zero-order chi connectivity index (χ0) is 20.8. The molecule has 0 saturated carbocycles. The third-order valence-corrected chi connectivity index (χ3v) is 4.90. The van der Waals surface area contributed by atoms with Gasteiger partial charge in [0.25, 0.3) is 11.8 Å². The van der Waals surface area contributed by atoms with Crippen LogP contribution >= 0.6 is 0 Å². The first-order valence-corrected chi connectivity index (χ1v) is 9.75. The van der Waals surface area contributed by atoms with Crippen LogP contribution in [-0.4, -0.2) is 51.2 Å². The highest BCUT2D eigenvalue weighted by molar-refractivity contribution is 5.92. The Morgan fingerprint density at radius 1 is 1.03 bits per heavy atom. The lowest BCUT2D eigenvalue weighted by atomic mass is 10.1. The van der Waals surface area contributed by atoms with E-state index in [1.165, 1.54) is 0 Å². The second-order valence-corrected chi connectivity index (χ2v) is 7.41. The molecule has 2 aromatic rings. The van der Waals surface area contributed by atoms with Gasteiger partial charge in [-0.25, -0.2) is 0 Å². The zero-order valence-electron chi connectivity index (χ0n) is 17.1. The third kappa shape index (κ3) is 5.71. The standard InChI is InChI=1S/C22H27N3O4/c1-15-7-6-8-18(16(15)2)24-22(27)13-25(3)12-21(26)23-11-17-14-28-19-9-4-5-10-20(19)29-17/h4-10,17H,11-14H2,1-3H3,(H,23,26)(H,24,27)/p+1/t17-/m1/s1. The molecule has 154 valence electrons. The van der Waals surface area contributed by atoms with Crippen molar-refractivity contribution < 1.29 is 24.0 Å². The highest BCUT2D eigenvalue weighted by Crippen LogP contribution is 2.30. The quantitative estimate of drug-likeness (QED) is 0.642. The summed E-state index contributed by atoms with van der Waals surface area (Å²) in [6.07, 6.45) is -0.234. The van der Waals surface area contributed by atoms with Crippen LogP contribution in [0.25, 0.3) is 0 Å². The largest absolute Gasteiger partial charge is 0.486 e. The summed E-state index contributed by atoms with van der Waals surface area (Å²) in [7, 11) is 1.82. The van der Waals surface area contributed by atoms with Crippen LogP contribution in [0.4, 0.5) is 5.69 Å². The summed E-state index contributed by atoms with van der Waals surface area (Å²) in [5, 5.41) is 5.78. The van der Waals surface area contributed by atoms with Gasteiger partial charge in [-0.1, -0.05) is 24.3 Å². The van der Waals surface area contributed by atoms with Crippen LogP contribution in [0.2, 0.25) is 0 Å². The van der Waals surface area contributed by atoms with Gasteiger partial charge in [0.05, 0.1) is 13.6 Å². The molecule has 2 aromatic carbocycles. The van der Waals surface area contributed by atoms with Gasteiger partial charge in [0.1, 0.15) is 12.7 Å². The molecule has 0 saturated heterocycles. The fourth-order valence-electron chi connectivity index (χ4n) is 3.15. The highest BCUT2D eigenvalue weighted by atomic mass is 16.6. The smallest absolute Gasteiger partial charge is 0.279 e. The number of quaternary nitrogens is 1. The van der Waals surface area contributed by atoms with Crippen molar-refractivity contribution in [1.82, 2.24) is 5.32 Å². The van der Waals surface area contributed by atoms with Crippen LogP contribution in [0.3, 0.4) is 0 Å². The topological polar surface area (TPSA) is 81.1 Å². The Morgan fingerprint density at radius 3 is 2.55 bits per heavy atom. The first-order chi connectivity index (χ1) is 13.9. The summed E-state index contributed by atoms with van der Waals surface area (Å²) in [5.41, 5.74) is 2.98. The van der Waals surface area contributed by atoms with Crippen molar-refractivity contribution in [1.29, 1.82) is 0 Å². The van der Waals surface area contributed by atoms with E-state index in [2.05, 4.69) is 10.6 Å². The average molecular weight is 398 g/mol. The van der Waals surface area contributed by atoms with Crippen molar-refractivity contribution in [3.8, 4) is 11.5 Å². The van der Waals surface area contributed by atoms with Crippen molar-refractivity contribution in [2.75, 3.05) is 38.6 Å². The molecule has 0 bridgehead atoms. The Kier molecular flexibility index (Phi) is 6.72. The predicted molar refractivity (Wildman–Crippen MR) is 111 cm³/mol. The maximum absolute atomic E-state index is 12.3. The predicted octanol–water partition coefficient (Wildman–Crippen LogP) is 0.713. The number of carbonyl (C=O) groups is 2. The lowest BCUT2D eigenvalue weighted by molar-refractivity contribution is -0.862.